The van der Waals surface area contributed by atoms with Crippen LogP contribution in [0.25, 0.3) is 32.8 Å². The van der Waals surface area contributed by atoms with Crippen molar-refractivity contribution in [2.24, 2.45) is 0 Å². The SMILES string of the molecule is Fc1c(F)c2c3nonc3c(F)c(F)c2c2nonc12. The van der Waals surface area contributed by atoms with Gasteiger partial charge in [-0.25, -0.2) is 26.8 Å². The molecule has 0 bridgehead atoms. The lowest BCUT2D eigenvalue weighted by Gasteiger charge is -2.03. The molecule has 100 valence electrons. The summed E-state index contributed by atoms with van der Waals surface area (Å²) in [6.07, 6.45) is 0. The van der Waals surface area contributed by atoms with Crippen LogP contribution in [0, 0.1) is 23.3 Å². The zero-order valence-electron chi connectivity index (χ0n) is 9.12. The van der Waals surface area contributed by atoms with Gasteiger partial charge in [0.2, 0.25) is 0 Å². The minimum absolute atomic E-state index is 0.458. The quantitative estimate of drug-likeness (QED) is 0.461. The van der Waals surface area contributed by atoms with Crippen molar-refractivity contribution in [3.63, 3.8) is 0 Å². The Morgan fingerprint density at radius 1 is 0.500 bits per heavy atom. The Labute approximate surface area is 104 Å². The first kappa shape index (κ1) is 11.1. The predicted octanol–water partition coefficient (Wildman–Crippen LogP) is 2.47. The zero-order chi connectivity index (χ0) is 14.0. The molecular formula is C10F4N4O2. The van der Waals surface area contributed by atoms with E-state index < -0.39 is 56.1 Å². The van der Waals surface area contributed by atoms with Crippen LogP contribution in [0.2, 0.25) is 0 Å². The van der Waals surface area contributed by atoms with E-state index in [2.05, 4.69) is 29.9 Å². The Morgan fingerprint density at radius 3 is 1.25 bits per heavy atom. The summed E-state index contributed by atoms with van der Waals surface area (Å²) in [5.41, 5.74) is -2.21. The van der Waals surface area contributed by atoms with Gasteiger partial charge in [-0.05, 0) is 20.6 Å². The number of nitrogens with zero attached hydrogens (tertiary/aromatic N) is 4. The largest absolute Gasteiger partial charge is 0.243 e. The maximum atomic E-state index is 14.0. The van der Waals surface area contributed by atoms with Gasteiger partial charge < -0.3 is 0 Å². The van der Waals surface area contributed by atoms with Crippen LogP contribution in [0.4, 0.5) is 17.6 Å². The van der Waals surface area contributed by atoms with Crippen molar-refractivity contribution >= 4 is 32.8 Å². The monoisotopic (exact) mass is 284 g/mol. The molecule has 0 spiro atoms. The Morgan fingerprint density at radius 2 is 0.850 bits per heavy atom. The molecule has 0 aliphatic rings. The average molecular weight is 284 g/mol. The summed E-state index contributed by atoms with van der Waals surface area (Å²) in [7, 11) is 0. The predicted molar refractivity (Wildman–Crippen MR) is 54.5 cm³/mol. The van der Waals surface area contributed by atoms with Crippen molar-refractivity contribution in [3.8, 4) is 0 Å². The molecule has 0 atom stereocenters. The zero-order valence-corrected chi connectivity index (χ0v) is 9.12. The highest BCUT2D eigenvalue weighted by atomic mass is 19.2. The minimum atomic E-state index is -1.47. The molecular weight excluding hydrogens is 284 g/mol. The number of rotatable bonds is 0. The molecule has 2 aromatic carbocycles. The molecule has 0 saturated carbocycles. The number of benzene rings is 2. The van der Waals surface area contributed by atoms with Crippen LogP contribution in [-0.2, 0) is 0 Å². The number of hydrogen-bond donors (Lipinski definition) is 0. The van der Waals surface area contributed by atoms with E-state index in [1.165, 1.54) is 0 Å². The van der Waals surface area contributed by atoms with E-state index in [0.717, 1.165) is 0 Å². The van der Waals surface area contributed by atoms with Gasteiger partial charge in [-0.3, -0.25) is 0 Å². The second-order valence-corrected chi connectivity index (χ2v) is 3.93. The Hall–Kier alpha value is -2.78. The topological polar surface area (TPSA) is 77.8 Å². The molecule has 0 aliphatic heterocycles. The van der Waals surface area contributed by atoms with E-state index in [1.54, 1.807) is 0 Å². The van der Waals surface area contributed by atoms with Gasteiger partial charge >= 0.3 is 0 Å². The van der Waals surface area contributed by atoms with Crippen LogP contribution in [0.3, 0.4) is 0 Å². The summed E-state index contributed by atoms with van der Waals surface area (Å²) in [6, 6.07) is 0. The van der Waals surface area contributed by atoms with Crippen molar-refractivity contribution in [1.29, 1.82) is 0 Å². The van der Waals surface area contributed by atoms with E-state index in [-0.39, 0.29) is 0 Å². The first-order valence-electron chi connectivity index (χ1n) is 5.13. The summed E-state index contributed by atoms with van der Waals surface area (Å²) in [5.74, 6) is -5.77. The maximum Gasteiger partial charge on any atom is 0.191 e. The van der Waals surface area contributed by atoms with Crippen molar-refractivity contribution in [2.45, 2.75) is 0 Å². The standard InChI is InChI=1S/C10F4N4O2/c11-3-1-2(8-10(5(3)13)18-20-16-8)4(12)6(14)9-7(1)15-19-17-9. The molecule has 0 radical (unpaired) electrons. The van der Waals surface area contributed by atoms with Crippen molar-refractivity contribution < 1.29 is 26.8 Å². The fourth-order valence-electron chi connectivity index (χ4n) is 2.08. The molecule has 0 N–H and O–H groups in total. The second-order valence-electron chi connectivity index (χ2n) is 3.93. The van der Waals surface area contributed by atoms with Gasteiger partial charge in [0.25, 0.3) is 0 Å². The van der Waals surface area contributed by atoms with E-state index in [9.17, 15) is 17.6 Å². The number of hydrogen-bond acceptors (Lipinski definition) is 6. The van der Waals surface area contributed by atoms with Crippen molar-refractivity contribution in [3.05, 3.63) is 23.3 Å². The van der Waals surface area contributed by atoms with Gasteiger partial charge in [-0.2, -0.15) is 0 Å². The molecule has 20 heavy (non-hydrogen) atoms. The van der Waals surface area contributed by atoms with Gasteiger partial charge in [0, 0.05) is 0 Å². The Kier molecular flexibility index (Phi) is 1.89. The molecule has 6 nitrogen and oxygen atoms in total. The fourth-order valence-corrected chi connectivity index (χ4v) is 2.08. The van der Waals surface area contributed by atoms with Gasteiger partial charge in [-0.15, -0.1) is 0 Å². The van der Waals surface area contributed by atoms with E-state index >= 15 is 0 Å². The average Bonchev–Trinajstić information content (AvgIpc) is 3.08. The molecule has 0 aliphatic carbocycles. The summed E-state index contributed by atoms with van der Waals surface area (Å²) in [6.45, 7) is 0. The van der Waals surface area contributed by atoms with Gasteiger partial charge in [-0.1, -0.05) is 0 Å². The lowest BCUT2D eigenvalue weighted by atomic mass is 10.0. The number of aromatic nitrogens is 4. The van der Waals surface area contributed by atoms with Crippen LogP contribution < -0.4 is 0 Å². The summed E-state index contributed by atoms with van der Waals surface area (Å²) in [4.78, 5) is 0. The lowest BCUT2D eigenvalue weighted by molar-refractivity contribution is 0.314. The van der Waals surface area contributed by atoms with E-state index in [1.807, 2.05) is 0 Å². The highest BCUT2D eigenvalue weighted by molar-refractivity contribution is 6.14. The third-order valence-electron chi connectivity index (χ3n) is 2.94. The number of halogens is 4. The molecule has 10 heteroatoms. The van der Waals surface area contributed by atoms with Crippen LogP contribution in [0.15, 0.2) is 9.26 Å². The smallest absolute Gasteiger partial charge is 0.191 e. The molecule has 0 fully saturated rings. The second kappa shape index (κ2) is 3.40. The molecule has 0 saturated heterocycles. The highest BCUT2D eigenvalue weighted by Gasteiger charge is 2.28. The first-order chi connectivity index (χ1) is 9.61. The Bertz CT molecular complexity index is 927. The maximum absolute atomic E-state index is 14.0. The molecule has 2 heterocycles. The third-order valence-corrected chi connectivity index (χ3v) is 2.94. The Balaban J connectivity index is 2.49. The highest BCUT2D eigenvalue weighted by Crippen LogP contribution is 2.36. The van der Waals surface area contributed by atoms with E-state index in [0.29, 0.717) is 0 Å². The lowest BCUT2D eigenvalue weighted by Crippen LogP contribution is -1.97. The number of fused-ring (bicyclic) bond motifs is 5. The van der Waals surface area contributed by atoms with Crippen LogP contribution in [0.1, 0.15) is 0 Å². The first-order valence-corrected chi connectivity index (χ1v) is 5.13. The van der Waals surface area contributed by atoms with E-state index in [4.69, 9.17) is 0 Å². The fraction of sp³-hybridized carbons (Fsp3) is 0. The van der Waals surface area contributed by atoms with Crippen LogP contribution in [0.5, 0.6) is 0 Å². The normalized spacial score (nSPS) is 12.0. The van der Waals surface area contributed by atoms with Crippen molar-refractivity contribution in [1.82, 2.24) is 20.6 Å². The summed E-state index contributed by atoms with van der Waals surface area (Å²) < 4.78 is 64.2. The molecule has 0 unspecified atom stereocenters. The van der Waals surface area contributed by atoms with Crippen molar-refractivity contribution in [2.75, 3.05) is 0 Å². The van der Waals surface area contributed by atoms with Gasteiger partial charge in [0.05, 0.1) is 10.8 Å². The summed E-state index contributed by atoms with van der Waals surface area (Å²) >= 11 is 0. The molecule has 0 amide bonds. The van der Waals surface area contributed by atoms with Gasteiger partial charge in [0.15, 0.2) is 34.3 Å². The molecule has 2 aromatic heterocycles. The molecule has 4 rings (SSSR count). The molecule has 4 aromatic rings. The van der Waals surface area contributed by atoms with Gasteiger partial charge in [0.1, 0.15) is 11.0 Å². The summed E-state index contributed by atoms with van der Waals surface area (Å²) in [5, 5.41) is 11.5. The van der Waals surface area contributed by atoms with Crippen LogP contribution >= 0.6 is 0 Å². The minimum Gasteiger partial charge on any atom is -0.243 e. The third kappa shape index (κ3) is 1.09. The van der Waals surface area contributed by atoms with Crippen LogP contribution in [-0.4, -0.2) is 20.6 Å².